The van der Waals surface area contributed by atoms with Gasteiger partial charge in [0, 0.05) is 24.7 Å². The van der Waals surface area contributed by atoms with Crippen molar-refractivity contribution in [3.8, 4) is 16.9 Å². The predicted octanol–water partition coefficient (Wildman–Crippen LogP) is 1.57. The Balaban J connectivity index is 1.71. The number of nitrogens with one attached hydrogen (secondary N) is 3. The number of anilines is 1. The molecule has 9 nitrogen and oxygen atoms in total. The van der Waals surface area contributed by atoms with Gasteiger partial charge in [0.25, 0.3) is 15.9 Å². The van der Waals surface area contributed by atoms with Crippen LogP contribution in [0.2, 0.25) is 0 Å². The molecule has 0 aliphatic carbocycles. The standard InChI is InChI=1S/C18H17N5O4S/c1-27-16-3-2-11(12-8-21-22-9-12)6-17(16)28(25,26)23-13-7-14-15(20-10-13)4-5-19-18(14)24/h2-3,6-10,23H,4-5H2,1H3,(H,19,24)(H,21,22). The van der Waals surface area contributed by atoms with Gasteiger partial charge in [-0.2, -0.15) is 5.10 Å². The first-order valence-electron chi connectivity index (χ1n) is 8.45. The normalized spacial score (nSPS) is 13.5. The molecule has 0 bridgehead atoms. The van der Waals surface area contributed by atoms with Gasteiger partial charge in [0.15, 0.2) is 0 Å². The van der Waals surface area contributed by atoms with E-state index in [-0.39, 0.29) is 22.2 Å². The molecule has 0 atom stereocenters. The number of aromatic nitrogens is 3. The zero-order chi connectivity index (χ0) is 19.7. The first-order valence-corrected chi connectivity index (χ1v) is 9.93. The molecule has 3 N–H and O–H groups in total. The van der Waals surface area contributed by atoms with Crippen LogP contribution in [0.25, 0.3) is 11.1 Å². The summed E-state index contributed by atoms with van der Waals surface area (Å²) in [5, 5.41) is 9.29. The van der Waals surface area contributed by atoms with Gasteiger partial charge in [-0.15, -0.1) is 0 Å². The molecule has 1 aliphatic rings. The average molecular weight is 399 g/mol. The summed E-state index contributed by atoms with van der Waals surface area (Å²) in [5.74, 6) is -0.0715. The molecule has 1 aromatic carbocycles. The van der Waals surface area contributed by atoms with Crippen molar-refractivity contribution in [1.82, 2.24) is 20.5 Å². The van der Waals surface area contributed by atoms with Crippen molar-refractivity contribution in [1.29, 1.82) is 0 Å². The molecule has 3 aromatic rings. The third-order valence-electron chi connectivity index (χ3n) is 4.40. The van der Waals surface area contributed by atoms with E-state index in [2.05, 4.69) is 25.2 Å². The second-order valence-corrected chi connectivity index (χ2v) is 7.83. The summed E-state index contributed by atoms with van der Waals surface area (Å²) in [4.78, 5) is 16.2. The maximum Gasteiger partial charge on any atom is 0.265 e. The Morgan fingerprint density at radius 2 is 2.04 bits per heavy atom. The van der Waals surface area contributed by atoms with Gasteiger partial charge >= 0.3 is 0 Å². The summed E-state index contributed by atoms with van der Waals surface area (Å²) in [5.41, 5.74) is 2.62. The van der Waals surface area contributed by atoms with E-state index in [9.17, 15) is 13.2 Å². The number of carbonyl (C=O) groups excluding carboxylic acids is 1. The van der Waals surface area contributed by atoms with Crippen LogP contribution in [0.15, 0.2) is 47.8 Å². The summed E-state index contributed by atoms with van der Waals surface area (Å²) < 4.78 is 33.7. The van der Waals surface area contributed by atoms with Crippen LogP contribution in [0.1, 0.15) is 16.1 Å². The van der Waals surface area contributed by atoms with Crippen molar-refractivity contribution in [2.75, 3.05) is 18.4 Å². The van der Waals surface area contributed by atoms with Gasteiger partial charge in [-0.1, -0.05) is 6.07 Å². The molecule has 0 saturated carbocycles. The summed E-state index contributed by atoms with van der Waals surface area (Å²) in [7, 11) is -2.59. The average Bonchev–Trinajstić information content (AvgIpc) is 3.23. The van der Waals surface area contributed by atoms with Crippen LogP contribution >= 0.6 is 0 Å². The quantitative estimate of drug-likeness (QED) is 0.598. The van der Waals surface area contributed by atoms with Crippen LogP contribution in [0.5, 0.6) is 5.75 Å². The highest BCUT2D eigenvalue weighted by molar-refractivity contribution is 7.92. The van der Waals surface area contributed by atoms with Gasteiger partial charge in [-0.05, 0) is 23.8 Å². The van der Waals surface area contributed by atoms with Crippen molar-refractivity contribution in [3.05, 3.63) is 54.1 Å². The number of carbonyl (C=O) groups is 1. The Morgan fingerprint density at radius 1 is 1.18 bits per heavy atom. The summed E-state index contributed by atoms with van der Waals surface area (Å²) >= 11 is 0. The molecule has 4 rings (SSSR count). The second kappa shape index (κ2) is 6.97. The molecule has 0 radical (unpaired) electrons. The first-order chi connectivity index (χ1) is 13.5. The van der Waals surface area contributed by atoms with E-state index in [1.807, 2.05) is 0 Å². The minimum Gasteiger partial charge on any atom is -0.495 e. The molecule has 10 heteroatoms. The Morgan fingerprint density at radius 3 is 2.79 bits per heavy atom. The fraction of sp³-hybridized carbons (Fsp3) is 0.167. The smallest absolute Gasteiger partial charge is 0.265 e. The zero-order valence-corrected chi connectivity index (χ0v) is 15.7. The summed E-state index contributed by atoms with van der Waals surface area (Å²) in [6.07, 6.45) is 5.27. The molecular formula is C18H17N5O4S. The zero-order valence-electron chi connectivity index (χ0n) is 14.9. The number of hydrogen-bond acceptors (Lipinski definition) is 6. The lowest BCUT2D eigenvalue weighted by atomic mass is 10.1. The summed E-state index contributed by atoms with van der Waals surface area (Å²) in [6, 6.07) is 6.31. The molecule has 2 aromatic heterocycles. The largest absolute Gasteiger partial charge is 0.495 e. The number of ether oxygens (including phenoxy) is 1. The third-order valence-corrected chi connectivity index (χ3v) is 5.80. The van der Waals surface area contributed by atoms with E-state index >= 15 is 0 Å². The molecule has 0 spiro atoms. The number of amides is 1. The van der Waals surface area contributed by atoms with Gasteiger partial charge < -0.3 is 10.1 Å². The van der Waals surface area contributed by atoms with Crippen molar-refractivity contribution in [2.45, 2.75) is 11.3 Å². The van der Waals surface area contributed by atoms with Crippen molar-refractivity contribution in [3.63, 3.8) is 0 Å². The van der Waals surface area contributed by atoms with E-state index < -0.39 is 10.0 Å². The predicted molar refractivity (Wildman–Crippen MR) is 102 cm³/mol. The Bertz CT molecular complexity index is 1140. The van der Waals surface area contributed by atoms with Gasteiger partial charge in [-0.3, -0.25) is 19.6 Å². The van der Waals surface area contributed by atoms with Crippen LogP contribution in [0, 0.1) is 0 Å². The molecule has 1 aliphatic heterocycles. The second-order valence-electron chi connectivity index (χ2n) is 6.18. The molecule has 0 saturated heterocycles. The van der Waals surface area contributed by atoms with Crippen LogP contribution < -0.4 is 14.8 Å². The number of rotatable bonds is 5. The molecule has 28 heavy (non-hydrogen) atoms. The number of H-pyrrole nitrogens is 1. The van der Waals surface area contributed by atoms with E-state index in [0.717, 1.165) is 5.56 Å². The number of aromatic amines is 1. The SMILES string of the molecule is COc1ccc(-c2cn[nH]c2)cc1S(=O)(=O)Nc1cnc2c(c1)C(=O)NCC2. The number of hydrogen-bond donors (Lipinski definition) is 3. The monoisotopic (exact) mass is 399 g/mol. The van der Waals surface area contributed by atoms with Crippen LogP contribution in [-0.4, -0.2) is 43.2 Å². The topological polar surface area (TPSA) is 126 Å². The Labute approximate surface area is 161 Å². The van der Waals surface area contributed by atoms with Crippen LogP contribution in [-0.2, 0) is 16.4 Å². The number of benzene rings is 1. The minimum absolute atomic E-state index is 0.0316. The highest BCUT2D eigenvalue weighted by atomic mass is 32.2. The van der Waals surface area contributed by atoms with Crippen LogP contribution in [0.4, 0.5) is 5.69 Å². The lowest BCUT2D eigenvalue weighted by Gasteiger charge is -2.17. The van der Waals surface area contributed by atoms with E-state index in [4.69, 9.17) is 4.74 Å². The van der Waals surface area contributed by atoms with Gasteiger partial charge in [-0.25, -0.2) is 8.42 Å². The fourth-order valence-corrected chi connectivity index (χ4v) is 4.25. The highest BCUT2D eigenvalue weighted by Gasteiger charge is 2.23. The lowest BCUT2D eigenvalue weighted by Crippen LogP contribution is -2.32. The van der Waals surface area contributed by atoms with Crippen LogP contribution in [0.3, 0.4) is 0 Å². The Hall–Kier alpha value is -3.40. The van der Waals surface area contributed by atoms with Gasteiger partial charge in [0.2, 0.25) is 0 Å². The van der Waals surface area contributed by atoms with E-state index in [1.165, 1.54) is 25.4 Å². The number of sulfonamides is 1. The van der Waals surface area contributed by atoms with E-state index in [0.29, 0.717) is 29.8 Å². The Kier molecular flexibility index (Phi) is 4.47. The molecule has 144 valence electrons. The molecule has 0 fully saturated rings. The minimum atomic E-state index is -3.99. The van der Waals surface area contributed by atoms with Gasteiger partial charge in [0.05, 0.1) is 36.4 Å². The molecule has 0 unspecified atom stereocenters. The van der Waals surface area contributed by atoms with Crippen molar-refractivity contribution < 1.29 is 17.9 Å². The maximum absolute atomic E-state index is 13.0. The van der Waals surface area contributed by atoms with Crippen molar-refractivity contribution >= 4 is 21.6 Å². The summed E-state index contributed by atoms with van der Waals surface area (Å²) in [6.45, 7) is 0.516. The third kappa shape index (κ3) is 3.29. The molecule has 1 amide bonds. The molecule has 3 heterocycles. The number of pyridine rings is 1. The molecular weight excluding hydrogens is 382 g/mol. The lowest BCUT2D eigenvalue weighted by molar-refractivity contribution is 0.0945. The maximum atomic E-state index is 13.0. The fourth-order valence-electron chi connectivity index (χ4n) is 3.02. The van der Waals surface area contributed by atoms with Gasteiger partial charge in [0.1, 0.15) is 10.6 Å². The van der Waals surface area contributed by atoms with E-state index in [1.54, 1.807) is 24.5 Å². The number of nitrogens with zero attached hydrogens (tertiary/aromatic N) is 2. The number of fused-ring (bicyclic) bond motifs is 1. The number of methoxy groups -OCH3 is 1. The van der Waals surface area contributed by atoms with Crippen molar-refractivity contribution in [2.24, 2.45) is 0 Å². The highest BCUT2D eigenvalue weighted by Crippen LogP contribution is 2.31. The first kappa shape index (κ1) is 18.0.